The molecule has 0 saturated carbocycles. The topological polar surface area (TPSA) is 41.1 Å². The Labute approximate surface area is 122 Å². The first-order chi connectivity index (χ1) is 8.28. The molecule has 0 aliphatic rings. The SMILES string of the molecule is Cc1cc(I)ccc1NC(=O)N/C=C/C(C)(C)C. The molecule has 1 aromatic carbocycles. The predicted octanol–water partition coefficient (Wildman–Crippen LogP) is 4.28. The van der Waals surface area contributed by atoms with E-state index in [1.807, 2.05) is 31.2 Å². The van der Waals surface area contributed by atoms with E-state index in [0.717, 1.165) is 14.8 Å². The Hall–Kier alpha value is -1.04. The molecule has 1 rings (SSSR count). The molecule has 18 heavy (non-hydrogen) atoms. The summed E-state index contributed by atoms with van der Waals surface area (Å²) in [6.07, 6.45) is 3.63. The minimum absolute atomic E-state index is 0.0616. The highest BCUT2D eigenvalue weighted by atomic mass is 127. The van der Waals surface area contributed by atoms with Gasteiger partial charge in [-0.25, -0.2) is 4.79 Å². The van der Waals surface area contributed by atoms with E-state index in [4.69, 9.17) is 0 Å². The zero-order chi connectivity index (χ0) is 13.8. The van der Waals surface area contributed by atoms with Gasteiger partial charge in [0.05, 0.1) is 0 Å². The standard InChI is InChI=1S/C14H19IN2O/c1-10-9-11(15)5-6-12(10)17-13(18)16-8-7-14(2,3)4/h5-9H,1-4H3,(H2,16,17,18)/b8-7+. The molecular weight excluding hydrogens is 339 g/mol. The first-order valence-corrected chi connectivity index (χ1v) is 6.87. The molecule has 1 aromatic rings. The van der Waals surface area contributed by atoms with Crippen LogP contribution in [-0.4, -0.2) is 6.03 Å². The number of allylic oxidation sites excluding steroid dienone is 1. The van der Waals surface area contributed by atoms with Crippen LogP contribution in [0, 0.1) is 15.9 Å². The Balaban J connectivity index is 2.58. The molecule has 2 N–H and O–H groups in total. The van der Waals surface area contributed by atoms with Crippen molar-refractivity contribution in [1.29, 1.82) is 0 Å². The Bertz CT molecular complexity index is 461. The van der Waals surface area contributed by atoms with Crippen molar-refractivity contribution >= 4 is 34.3 Å². The summed E-state index contributed by atoms with van der Waals surface area (Å²) >= 11 is 2.25. The number of benzene rings is 1. The van der Waals surface area contributed by atoms with E-state index in [0.29, 0.717) is 0 Å². The summed E-state index contributed by atoms with van der Waals surface area (Å²) in [6, 6.07) is 5.68. The number of aryl methyl sites for hydroxylation is 1. The van der Waals surface area contributed by atoms with Gasteiger partial charge in [0.2, 0.25) is 0 Å². The molecule has 3 nitrogen and oxygen atoms in total. The normalized spacial score (nSPS) is 11.6. The fraction of sp³-hybridized carbons (Fsp3) is 0.357. The van der Waals surface area contributed by atoms with Crippen molar-refractivity contribution in [3.63, 3.8) is 0 Å². The number of halogens is 1. The lowest BCUT2D eigenvalue weighted by molar-refractivity contribution is 0.255. The van der Waals surface area contributed by atoms with Crippen LogP contribution in [-0.2, 0) is 0 Å². The highest BCUT2D eigenvalue weighted by Gasteiger charge is 2.05. The highest BCUT2D eigenvalue weighted by Crippen LogP contribution is 2.17. The Morgan fingerprint density at radius 1 is 1.33 bits per heavy atom. The smallest absolute Gasteiger partial charge is 0.315 e. The summed E-state index contributed by atoms with van der Waals surface area (Å²) in [5.74, 6) is 0. The molecule has 0 radical (unpaired) electrons. The zero-order valence-electron chi connectivity index (χ0n) is 11.2. The minimum Gasteiger partial charge on any atom is -0.315 e. The molecule has 0 aliphatic carbocycles. The predicted molar refractivity (Wildman–Crippen MR) is 84.6 cm³/mol. The number of amides is 2. The maximum Gasteiger partial charge on any atom is 0.323 e. The number of hydrogen-bond donors (Lipinski definition) is 2. The van der Waals surface area contributed by atoms with Gasteiger partial charge < -0.3 is 10.6 Å². The van der Waals surface area contributed by atoms with Crippen molar-refractivity contribution in [2.24, 2.45) is 5.41 Å². The number of carbonyl (C=O) groups is 1. The number of hydrogen-bond acceptors (Lipinski definition) is 1. The fourth-order valence-electron chi connectivity index (χ4n) is 1.29. The molecule has 0 saturated heterocycles. The largest absolute Gasteiger partial charge is 0.323 e. The van der Waals surface area contributed by atoms with Crippen molar-refractivity contribution in [3.8, 4) is 0 Å². The first-order valence-electron chi connectivity index (χ1n) is 5.79. The Morgan fingerprint density at radius 2 is 2.00 bits per heavy atom. The summed E-state index contributed by atoms with van der Waals surface area (Å²) in [6.45, 7) is 8.20. The van der Waals surface area contributed by atoms with Crippen LogP contribution in [0.5, 0.6) is 0 Å². The third kappa shape index (κ3) is 5.53. The van der Waals surface area contributed by atoms with Crippen LogP contribution >= 0.6 is 22.6 Å². The second-order valence-corrected chi connectivity index (χ2v) is 6.50. The van der Waals surface area contributed by atoms with E-state index in [1.165, 1.54) is 0 Å². The Morgan fingerprint density at radius 3 is 2.56 bits per heavy atom. The molecule has 2 amide bonds. The van der Waals surface area contributed by atoms with Gasteiger partial charge in [0.15, 0.2) is 0 Å². The molecule has 0 spiro atoms. The summed E-state index contributed by atoms with van der Waals surface area (Å²) in [5, 5.41) is 5.52. The highest BCUT2D eigenvalue weighted by molar-refractivity contribution is 14.1. The molecule has 0 aliphatic heterocycles. The average Bonchev–Trinajstić information content (AvgIpc) is 2.20. The fourth-order valence-corrected chi connectivity index (χ4v) is 1.94. The van der Waals surface area contributed by atoms with Gasteiger partial charge >= 0.3 is 6.03 Å². The number of urea groups is 1. The second-order valence-electron chi connectivity index (χ2n) is 5.26. The molecule has 98 valence electrons. The molecule has 0 heterocycles. The quantitative estimate of drug-likeness (QED) is 0.762. The van der Waals surface area contributed by atoms with Gasteiger partial charge in [-0.15, -0.1) is 0 Å². The van der Waals surface area contributed by atoms with E-state index in [9.17, 15) is 4.79 Å². The summed E-state index contributed by atoms with van der Waals surface area (Å²) in [5.41, 5.74) is 1.94. The van der Waals surface area contributed by atoms with Crippen molar-refractivity contribution in [1.82, 2.24) is 5.32 Å². The van der Waals surface area contributed by atoms with Crippen LogP contribution in [0.1, 0.15) is 26.3 Å². The van der Waals surface area contributed by atoms with Crippen LogP contribution in [0.3, 0.4) is 0 Å². The minimum atomic E-state index is -0.222. The van der Waals surface area contributed by atoms with Gasteiger partial charge in [0.1, 0.15) is 0 Å². The van der Waals surface area contributed by atoms with Crippen LogP contribution in [0.2, 0.25) is 0 Å². The van der Waals surface area contributed by atoms with Gasteiger partial charge in [-0.1, -0.05) is 26.8 Å². The van der Waals surface area contributed by atoms with E-state index in [1.54, 1.807) is 6.20 Å². The number of rotatable bonds is 2. The summed E-state index contributed by atoms with van der Waals surface area (Å²) < 4.78 is 1.16. The lowest BCUT2D eigenvalue weighted by Gasteiger charge is -2.12. The van der Waals surface area contributed by atoms with Gasteiger partial charge in [0, 0.05) is 15.5 Å². The molecule has 0 bridgehead atoms. The van der Waals surface area contributed by atoms with Crippen LogP contribution < -0.4 is 10.6 Å². The molecular formula is C14H19IN2O. The first kappa shape index (κ1) is 15.0. The summed E-state index contributed by atoms with van der Waals surface area (Å²) in [4.78, 5) is 11.7. The van der Waals surface area contributed by atoms with Crippen molar-refractivity contribution in [3.05, 3.63) is 39.6 Å². The second kappa shape index (κ2) is 6.22. The average molecular weight is 358 g/mol. The van der Waals surface area contributed by atoms with Gasteiger partial charge in [-0.05, 0) is 58.7 Å². The maximum atomic E-state index is 11.7. The van der Waals surface area contributed by atoms with E-state index in [2.05, 4.69) is 54.0 Å². The molecule has 0 atom stereocenters. The number of nitrogens with one attached hydrogen (secondary N) is 2. The molecule has 4 heteroatoms. The van der Waals surface area contributed by atoms with Crippen molar-refractivity contribution in [2.45, 2.75) is 27.7 Å². The van der Waals surface area contributed by atoms with Crippen molar-refractivity contribution in [2.75, 3.05) is 5.32 Å². The summed E-state index contributed by atoms with van der Waals surface area (Å²) in [7, 11) is 0. The van der Waals surface area contributed by atoms with Gasteiger partial charge in [0.25, 0.3) is 0 Å². The van der Waals surface area contributed by atoms with E-state index in [-0.39, 0.29) is 11.4 Å². The molecule has 0 unspecified atom stereocenters. The molecule has 0 aromatic heterocycles. The Kier molecular flexibility index (Phi) is 5.19. The van der Waals surface area contributed by atoms with Gasteiger partial charge in [-0.2, -0.15) is 0 Å². The van der Waals surface area contributed by atoms with Gasteiger partial charge in [-0.3, -0.25) is 0 Å². The van der Waals surface area contributed by atoms with E-state index < -0.39 is 0 Å². The van der Waals surface area contributed by atoms with Crippen LogP contribution in [0.4, 0.5) is 10.5 Å². The van der Waals surface area contributed by atoms with Crippen LogP contribution in [0.15, 0.2) is 30.5 Å². The molecule has 0 fully saturated rings. The monoisotopic (exact) mass is 358 g/mol. The van der Waals surface area contributed by atoms with Crippen molar-refractivity contribution < 1.29 is 4.79 Å². The zero-order valence-corrected chi connectivity index (χ0v) is 13.3. The lowest BCUT2D eigenvalue weighted by Crippen LogP contribution is -2.24. The van der Waals surface area contributed by atoms with Crippen LogP contribution in [0.25, 0.3) is 0 Å². The number of anilines is 1. The lowest BCUT2D eigenvalue weighted by atomic mass is 9.97. The third-order valence-electron chi connectivity index (χ3n) is 2.23. The third-order valence-corrected chi connectivity index (χ3v) is 2.91. The van der Waals surface area contributed by atoms with E-state index >= 15 is 0 Å². The number of carbonyl (C=O) groups excluding carboxylic acids is 1. The maximum absolute atomic E-state index is 11.7.